The van der Waals surface area contributed by atoms with Gasteiger partial charge >= 0.3 is 0 Å². The monoisotopic (exact) mass is 388 g/mol. The van der Waals surface area contributed by atoms with E-state index in [-0.39, 0.29) is 23.1 Å². The van der Waals surface area contributed by atoms with Crippen LogP contribution in [0.1, 0.15) is 50.4 Å². The van der Waals surface area contributed by atoms with Gasteiger partial charge in [0.1, 0.15) is 5.65 Å². The summed E-state index contributed by atoms with van der Waals surface area (Å²) in [6.07, 6.45) is 2.65. The standard InChI is InChI=1S/C19H28N6O3/c1-19(2,3)10-24-14-8-13(23-7-6-11(20)9-23)22-25(14)18(28)15(17(24)27)16(26)21-12-4-5-12/h8,11-12,28H,4-7,9-10,20H2,1-3H3,(H,21,26)/t11-/m1/s1. The zero-order valence-electron chi connectivity index (χ0n) is 16.6. The minimum absolute atomic E-state index is 0.0788. The second kappa shape index (κ2) is 6.51. The van der Waals surface area contributed by atoms with Crippen LogP contribution in [0.2, 0.25) is 0 Å². The number of aromatic nitrogens is 3. The van der Waals surface area contributed by atoms with Gasteiger partial charge in [-0.2, -0.15) is 4.52 Å². The van der Waals surface area contributed by atoms with Gasteiger partial charge < -0.3 is 21.1 Å². The van der Waals surface area contributed by atoms with Gasteiger partial charge in [0.25, 0.3) is 11.5 Å². The van der Waals surface area contributed by atoms with Crippen LogP contribution in [0.4, 0.5) is 5.82 Å². The van der Waals surface area contributed by atoms with Crippen molar-refractivity contribution in [1.29, 1.82) is 0 Å². The number of carbonyl (C=O) groups is 1. The van der Waals surface area contributed by atoms with Gasteiger partial charge in [-0.05, 0) is 24.7 Å². The number of carbonyl (C=O) groups excluding carboxylic acids is 1. The average Bonchev–Trinajstić information content (AvgIpc) is 3.12. The first-order chi connectivity index (χ1) is 13.1. The van der Waals surface area contributed by atoms with E-state index in [2.05, 4.69) is 10.4 Å². The van der Waals surface area contributed by atoms with Crippen molar-refractivity contribution in [2.24, 2.45) is 11.1 Å². The number of anilines is 1. The van der Waals surface area contributed by atoms with E-state index in [1.165, 1.54) is 9.08 Å². The Kier molecular flexibility index (Phi) is 4.37. The lowest BCUT2D eigenvalue weighted by Crippen LogP contribution is -2.37. The number of nitrogens with two attached hydrogens (primary N) is 1. The molecular weight excluding hydrogens is 360 g/mol. The summed E-state index contributed by atoms with van der Waals surface area (Å²) in [5, 5.41) is 18.0. The maximum atomic E-state index is 13.2. The van der Waals surface area contributed by atoms with E-state index in [9.17, 15) is 14.7 Å². The maximum Gasteiger partial charge on any atom is 0.270 e. The SMILES string of the molecule is CC(C)(C)Cn1c(=O)c(C(=O)NC2CC2)c(O)n2nc(N3CC[C@@H](N)C3)cc12. The summed E-state index contributed by atoms with van der Waals surface area (Å²) in [6, 6.07) is 1.94. The molecule has 1 aliphatic heterocycles. The van der Waals surface area contributed by atoms with Crippen molar-refractivity contribution in [3.8, 4) is 5.88 Å². The first-order valence-electron chi connectivity index (χ1n) is 9.81. The molecule has 1 saturated heterocycles. The minimum atomic E-state index is -0.546. The van der Waals surface area contributed by atoms with Gasteiger partial charge in [-0.15, -0.1) is 5.10 Å². The van der Waals surface area contributed by atoms with E-state index in [0.29, 0.717) is 24.6 Å². The van der Waals surface area contributed by atoms with Crippen LogP contribution >= 0.6 is 0 Å². The highest BCUT2D eigenvalue weighted by Crippen LogP contribution is 2.27. The molecule has 0 bridgehead atoms. The van der Waals surface area contributed by atoms with Crippen LogP contribution in [0.3, 0.4) is 0 Å². The Morgan fingerprint density at radius 3 is 2.64 bits per heavy atom. The number of fused-ring (bicyclic) bond motifs is 1. The lowest BCUT2D eigenvalue weighted by molar-refractivity contribution is 0.0944. The normalized spacial score (nSPS) is 20.1. The molecule has 1 atom stereocenters. The lowest BCUT2D eigenvalue weighted by atomic mass is 9.97. The lowest BCUT2D eigenvalue weighted by Gasteiger charge is -2.21. The number of nitrogens with one attached hydrogen (secondary N) is 1. The number of rotatable bonds is 4. The van der Waals surface area contributed by atoms with Gasteiger partial charge in [0, 0.05) is 37.8 Å². The Hall–Kier alpha value is -2.55. The molecule has 1 amide bonds. The Morgan fingerprint density at radius 1 is 1.36 bits per heavy atom. The van der Waals surface area contributed by atoms with Crippen LogP contribution in [0.15, 0.2) is 10.9 Å². The summed E-state index contributed by atoms with van der Waals surface area (Å²) in [5.74, 6) is -0.321. The first kappa shape index (κ1) is 18.8. The third kappa shape index (κ3) is 3.46. The Labute approximate surface area is 163 Å². The molecule has 2 aromatic heterocycles. The van der Waals surface area contributed by atoms with Crippen molar-refractivity contribution >= 4 is 17.4 Å². The van der Waals surface area contributed by atoms with Crippen molar-refractivity contribution in [3.63, 3.8) is 0 Å². The molecule has 28 heavy (non-hydrogen) atoms. The topological polar surface area (TPSA) is 118 Å². The summed E-state index contributed by atoms with van der Waals surface area (Å²) >= 11 is 0. The predicted octanol–water partition coefficient (Wildman–Crippen LogP) is 0.677. The summed E-state index contributed by atoms with van der Waals surface area (Å²) in [6.45, 7) is 7.88. The van der Waals surface area contributed by atoms with Gasteiger partial charge in [0.15, 0.2) is 11.4 Å². The number of hydrogen-bond acceptors (Lipinski definition) is 6. The van der Waals surface area contributed by atoms with Crippen molar-refractivity contribution in [3.05, 3.63) is 22.0 Å². The van der Waals surface area contributed by atoms with Gasteiger partial charge in [0.2, 0.25) is 5.88 Å². The van der Waals surface area contributed by atoms with Crippen molar-refractivity contribution in [1.82, 2.24) is 19.5 Å². The van der Waals surface area contributed by atoms with E-state index in [1.807, 2.05) is 25.7 Å². The molecule has 0 radical (unpaired) electrons. The maximum absolute atomic E-state index is 13.2. The smallest absolute Gasteiger partial charge is 0.270 e. The third-order valence-corrected chi connectivity index (χ3v) is 5.16. The Bertz CT molecular complexity index is 982. The fraction of sp³-hybridized carbons (Fsp3) is 0.632. The quantitative estimate of drug-likeness (QED) is 0.709. The highest BCUT2D eigenvalue weighted by Gasteiger charge is 2.31. The number of nitrogens with zero attached hydrogens (tertiary/aromatic N) is 4. The van der Waals surface area contributed by atoms with E-state index in [0.717, 1.165) is 25.8 Å². The van der Waals surface area contributed by atoms with E-state index in [4.69, 9.17) is 5.73 Å². The molecule has 4 rings (SSSR count). The van der Waals surface area contributed by atoms with Crippen LogP contribution in [0.25, 0.3) is 5.65 Å². The minimum Gasteiger partial charge on any atom is -0.492 e. The zero-order valence-corrected chi connectivity index (χ0v) is 16.6. The summed E-state index contributed by atoms with van der Waals surface area (Å²) < 4.78 is 2.84. The molecule has 1 aliphatic carbocycles. The molecule has 9 heteroatoms. The number of amides is 1. The Morgan fingerprint density at radius 2 is 2.07 bits per heavy atom. The van der Waals surface area contributed by atoms with E-state index in [1.54, 1.807) is 6.07 Å². The Balaban J connectivity index is 1.87. The fourth-order valence-corrected chi connectivity index (χ4v) is 3.61. The summed E-state index contributed by atoms with van der Waals surface area (Å²) in [4.78, 5) is 27.9. The zero-order chi connectivity index (χ0) is 20.2. The molecule has 2 aromatic rings. The van der Waals surface area contributed by atoms with Gasteiger partial charge in [-0.1, -0.05) is 20.8 Å². The first-order valence-corrected chi connectivity index (χ1v) is 9.81. The highest BCUT2D eigenvalue weighted by atomic mass is 16.3. The number of aromatic hydroxyl groups is 1. The molecule has 0 spiro atoms. The van der Waals surface area contributed by atoms with E-state index >= 15 is 0 Å². The summed E-state index contributed by atoms with van der Waals surface area (Å²) in [5.41, 5.74) is 5.52. The summed E-state index contributed by atoms with van der Waals surface area (Å²) in [7, 11) is 0. The van der Waals surface area contributed by atoms with Gasteiger partial charge in [-0.3, -0.25) is 14.2 Å². The van der Waals surface area contributed by atoms with Gasteiger partial charge in [0.05, 0.1) is 0 Å². The van der Waals surface area contributed by atoms with Crippen molar-refractivity contribution in [2.45, 2.75) is 58.7 Å². The average molecular weight is 388 g/mol. The second-order valence-electron chi connectivity index (χ2n) is 9.17. The highest BCUT2D eigenvalue weighted by molar-refractivity contribution is 5.96. The second-order valence-corrected chi connectivity index (χ2v) is 9.17. The molecular formula is C19H28N6O3. The predicted molar refractivity (Wildman–Crippen MR) is 106 cm³/mol. The molecule has 0 unspecified atom stereocenters. The third-order valence-electron chi connectivity index (χ3n) is 5.16. The molecule has 3 heterocycles. The number of hydrogen-bond donors (Lipinski definition) is 3. The molecule has 1 saturated carbocycles. The molecule has 152 valence electrons. The molecule has 4 N–H and O–H groups in total. The molecule has 0 aromatic carbocycles. The van der Waals surface area contributed by atoms with Crippen LogP contribution in [0.5, 0.6) is 5.88 Å². The molecule has 2 aliphatic rings. The van der Waals surface area contributed by atoms with Crippen LogP contribution in [0, 0.1) is 5.41 Å². The fourth-order valence-electron chi connectivity index (χ4n) is 3.61. The van der Waals surface area contributed by atoms with Crippen molar-refractivity contribution < 1.29 is 9.90 Å². The molecule has 9 nitrogen and oxygen atoms in total. The largest absolute Gasteiger partial charge is 0.492 e. The van der Waals surface area contributed by atoms with Crippen LogP contribution in [-0.2, 0) is 6.54 Å². The van der Waals surface area contributed by atoms with Crippen molar-refractivity contribution in [2.75, 3.05) is 18.0 Å². The van der Waals surface area contributed by atoms with Gasteiger partial charge in [-0.25, -0.2) is 0 Å². The van der Waals surface area contributed by atoms with Crippen LogP contribution in [-0.4, -0.2) is 50.4 Å². The van der Waals surface area contributed by atoms with Crippen LogP contribution < -0.4 is 21.5 Å². The molecule has 2 fully saturated rings. The van der Waals surface area contributed by atoms with E-state index < -0.39 is 17.3 Å².